The van der Waals surface area contributed by atoms with Crippen LogP contribution in [-0.2, 0) is 0 Å². The Hall–Kier alpha value is -0.0800. The molecule has 2 heteroatoms. The molecule has 0 aliphatic rings. The normalized spacial score (nSPS) is 15.7. The third-order valence-electron chi connectivity index (χ3n) is 3.54. The van der Waals surface area contributed by atoms with Gasteiger partial charge in [0.25, 0.3) is 0 Å². The van der Waals surface area contributed by atoms with Gasteiger partial charge >= 0.3 is 0 Å². The van der Waals surface area contributed by atoms with Gasteiger partial charge in [0, 0.05) is 18.6 Å². The van der Waals surface area contributed by atoms with Gasteiger partial charge < -0.3 is 10.6 Å². The first kappa shape index (κ1) is 17.9. The van der Waals surface area contributed by atoms with E-state index in [1.165, 1.54) is 32.1 Å². The molecule has 0 aromatic heterocycles. The summed E-state index contributed by atoms with van der Waals surface area (Å²) >= 11 is 0. The smallest absolute Gasteiger partial charge is 0.0192 e. The zero-order valence-corrected chi connectivity index (χ0v) is 13.6. The summed E-state index contributed by atoms with van der Waals surface area (Å²) in [5.74, 6) is 0. The van der Waals surface area contributed by atoms with Crippen LogP contribution in [0.1, 0.15) is 73.6 Å². The fourth-order valence-electron chi connectivity index (χ4n) is 2.15. The molecule has 0 bridgehead atoms. The van der Waals surface area contributed by atoms with E-state index in [0.29, 0.717) is 17.5 Å². The van der Waals surface area contributed by atoms with E-state index in [2.05, 4.69) is 52.2 Å². The van der Waals surface area contributed by atoms with Crippen LogP contribution in [0.15, 0.2) is 0 Å². The van der Waals surface area contributed by atoms with Crippen LogP contribution in [0.25, 0.3) is 0 Å². The average Bonchev–Trinajstić information content (AvgIpc) is 2.30. The van der Waals surface area contributed by atoms with Gasteiger partial charge in [-0.15, -0.1) is 0 Å². The molecule has 2 N–H and O–H groups in total. The summed E-state index contributed by atoms with van der Waals surface area (Å²) in [4.78, 5) is 0. The van der Waals surface area contributed by atoms with Crippen LogP contribution >= 0.6 is 0 Å². The highest BCUT2D eigenvalue weighted by Crippen LogP contribution is 2.16. The van der Waals surface area contributed by atoms with Crippen LogP contribution in [0.5, 0.6) is 0 Å². The highest BCUT2D eigenvalue weighted by Gasteiger charge is 2.13. The van der Waals surface area contributed by atoms with E-state index in [1.54, 1.807) is 0 Å². The van der Waals surface area contributed by atoms with Crippen LogP contribution in [0.2, 0.25) is 0 Å². The molecule has 0 aromatic rings. The Morgan fingerprint density at radius 1 is 0.944 bits per heavy atom. The lowest BCUT2D eigenvalue weighted by molar-refractivity contribution is 0.342. The van der Waals surface area contributed by atoms with Gasteiger partial charge in [0.15, 0.2) is 0 Å². The minimum atomic E-state index is 0.441. The summed E-state index contributed by atoms with van der Waals surface area (Å²) in [5.41, 5.74) is 0.441. The second-order valence-electron chi connectivity index (χ2n) is 6.68. The van der Waals surface area contributed by atoms with Crippen LogP contribution in [0.3, 0.4) is 0 Å². The maximum Gasteiger partial charge on any atom is 0.0192 e. The van der Waals surface area contributed by atoms with Gasteiger partial charge in [-0.2, -0.15) is 0 Å². The van der Waals surface area contributed by atoms with Crippen LogP contribution in [0.4, 0.5) is 0 Å². The Morgan fingerprint density at radius 2 is 1.56 bits per heavy atom. The molecule has 0 saturated carbocycles. The minimum Gasteiger partial charge on any atom is -0.315 e. The maximum atomic E-state index is 3.79. The van der Waals surface area contributed by atoms with Crippen molar-refractivity contribution in [1.82, 2.24) is 10.6 Å². The van der Waals surface area contributed by atoms with Gasteiger partial charge in [0.2, 0.25) is 0 Å². The molecular weight excluding hydrogens is 220 g/mol. The molecule has 0 saturated heterocycles. The lowest BCUT2D eigenvalue weighted by Crippen LogP contribution is -2.44. The van der Waals surface area contributed by atoms with Crippen molar-refractivity contribution in [3.8, 4) is 0 Å². The third-order valence-corrected chi connectivity index (χ3v) is 3.54. The molecule has 0 amide bonds. The molecule has 2 nitrogen and oxygen atoms in total. The van der Waals surface area contributed by atoms with Crippen molar-refractivity contribution in [1.29, 1.82) is 0 Å². The predicted octanol–water partition coefficient (Wildman–Crippen LogP) is 3.96. The molecule has 0 spiro atoms. The molecular formula is C16H36N2. The molecule has 0 heterocycles. The molecule has 2 unspecified atom stereocenters. The van der Waals surface area contributed by atoms with Crippen molar-refractivity contribution in [2.24, 2.45) is 5.41 Å². The highest BCUT2D eigenvalue weighted by atomic mass is 15.0. The van der Waals surface area contributed by atoms with E-state index in [0.717, 1.165) is 13.1 Å². The van der Waals surface area contributed by atoms with Crippen molar-refractivity contribution in [3.63, 3.8) is 0 Å². The van der Waals surface area contributed by atoms with Crippen LogP contribution in [-0.4, -0.2) is 25.2 Å². The minimum absolute atomic E-state index is 0.441. The molecule has 0 radical (unpaired) electrons. The Bertz CT molecular complexity index is 184. The molecule has 18 heavy (non-hydrogen) atoms. The SMILES string of the molecule is CCCC(CC)NC(CC)CNCCC(C)(C)C. The van der Waals surface area contributed by atoms with E-state index < -0.39 is 0 Å². The van der Waals surface area contributed by atoms with Gasteiger partial charge in [0.1, 0.15) is 0 Å². The van der Waals surface area contributed by atoms with Gasteiger partial charge in [-0.1, -0.05) is 48.0 Å². The zero-order valence-electron chi connectivity index (χ0n) is 13.6. The lowest BCUT2D eigenvalue weighted by Gasteiger charge is -2.25. The summed E-state index contributed by atoms with van der Waals surface area (Å²) < 4.78 is 0. The second-order valence-corrected chi connectivity index (χ2v) is 6.68. The fourth-order valence-corrected chi connectivity index (χ4v) is 2.15. The molecule has 110 valence electrons. The lowest BCUT2D eigenvalue weighted by atomic mass is 9.92. The molecule has 0 aliphatic heterocycles. The number of rotatable bonds is 10. The maximum absolute atomic E-state index is 3.79. The quantitative estimate of drug-likeness (QED) is 0.578. The summed E-state index contributed by atoms with van der Waals surface area (Å²) in [7, 11) is 0. The van der Waals surface area contributed by atoms with Crippen molar-refractivity contribution >= 4 is 0 Å². The van der Waals surface area contributed by atoms with E-state index in [4.69, 9.17) is 0 Å². The molecule has 0 aliphatic carbocycles. The first-order valence-electron chi connectivity index (χ1n) is 7.89. The Morgan fingerprint density at radius 3 is 2.00 bits per heavy atom. The summed E-state index contributed by atoms with van der Waals surface area (Å²) in [5, 5.41) is 7.39. The Kier molecular flexibility index (Phi) is 9.76. The molecule has 2 atom stereocenters. The highest BCUT2D eigenvalue weighted by molar-refractivity contribution is 4.75. The zero-order chi connectivity index (χ0) is 14.0. The van der Waals surface area contributed by atoms with Crippen molar-refractivity contribution in [3.05, 3.63) is 0 Å². The summed E-state index contributed by atoms with van der Waals surface area (Å²) in [6, 6.07) is 1.32. The fraction of sp³-hybridized carbons (Fsp3) is 1.00. The predicted molar refractivity (Wildman–Crippen MR) is 83.1 cm³/mol. The molecule has 0 fully saturated rings. The van der Waals surface area contributed by atoms with Crippen molar-refractivity contribution < 1.29 is 0 Å². The topological polar surface area (TPSA) is 24.1 Å². The first-order chi connectivity index (χ1) is 8.42. The van der Waals surface area contributed by atoms with Gasteiger partial charge in [-0.05, 0) is 37.6 Å². The second kappa shape index (κ2) is 9.80. The van der Waals surface area contributed by atoms with E-state index in [-0.39, 0.29) is 0 Å². The number of hydrogen-bond donors (Lipinski definition) is 2. The molecule has 0 aromatic carbocycles. The summed E-state index contributed by atoms with van der Waals surface area (Å²) in [6.07, 6.45) is 6.28. The van der Waals surface area contributed by atoms with Gasteiger partial charge in [-0.3, -0.25) is 0 Å². The van der Waals surface area contributed by atoms with Crippen LogP contribution in [0, 0.1) is 5.41 Å². The van der Waals surface area contributed by atoms with E-state index >= 15 is 0 Å². The largest absolute Gasteiger partial charge is 0.315 e. The standard InChI is InChI=1S/C16H36N2/c1-7-10-14(8-2)18-15(9-3)13-17-12-11-16(4,5)6/h14-15,17-18H,7-13H2,1-6H3. The Labute approximate surface area is 115 Å². The summed E-state index contributed by atoms with van der Waals surface area (Å²) in [6.45, 7) is 16.0. The molecule has 0 rings (SSSR count). The van der Waals surface area contributed by atoms with Gasteiger partial charge in [0.05, 0.1) is 0 Å². The van der Waals surface area contributed by atoms with E-state index in [9.17, 15) is 0 Å². The number of nitrogens with one attached hydrogen (secondary N) is 2. The van der Waals surface area contributed by atoms with Crippen LogP contribution < -0.4 is 10.6 Å². The Balaban J connectivity index is 3.82. The average molecular weight is 256 g/mol. The monoisotopic (exact) mass is 256 g/mol. The first-order valence-corrected chi connectivity index (χ1v) is 7.89. The van der Waals surface area contributed by atoms with Crippen molar-refractivity contribution in [2.45, 2.75) is 85.7 Å². The third kappa shape index (κ3) is 9.90. The van der Waals surface area contributed by atoms with Gasteiger partial charge in [-0.25, -0.2) is 0 Å². The van der Waals surface area contributed by atoms with E-state index in [1.807, 2.05) is 0 Å². The van der Waals surface area contributed by atoms with Crippen molar-refractivity contribution in [2.75, 3.05) is 13.1 Å². The number of hydrogen-bond acceptors (Lipinski definition) is 2.